The Kier molecular flexibility index (Phi) is 6.94. The SMILES string of the molecule is [NH-]CC#CCc1cccc(Oc2ncnc3[nH]c(-c4ccc(CN5CCC(F)(F)CC5)cc4)cc23)c1. The highest BCUT2D eigenvalue weighted by molar-refractivity contribution is 5.87. The summed E-state index contributed by atoms with van der Waals surface area (Å²) in [7, 11) is 0. The number of H-pyrrole nitrogens is 1. The van der Waals surface area contributed by atoms with Crippen molar-refractivity contribution >= 4 is 11.0 Å². The maximum Gasteiger partial charge on any atom is 0.250 e. The van der Waals surface area contributed by atoms with E-state index in [1.807, 2.05) is 54.6 Å². The molecule has 5 rings (SSSR count). The number of hydrogen-bond acceptors (Lipinski definition) is 4. The Labute approximate surface area is 208 Å². The van der Waals surface area contributed by atoms with Crippen molar-refractivity contribution in [1.82, 2.24) is 19.9 Å². The first-order chi connectivity index (χ1) is 17.5. The van der Waals surface area contributed by atoms with Gasteiger partial charge in [-0.25, -0.2) is 18.7 Å². The summed E-state index contributed by atoms with van der Waals surface area (Å²) in [6, 6.07) is 17.7. The summed E-state index contributed by atoms with van der Waals surface area (Å²) in [6.45, 7) is 1.59. The number of ether oxygens (including phenoxy) is 1. The Morgan fingerprint density at radius 1 is 1.00 bits per heavy atom. The number of fused-ring (bicyclic) bond motifs is 1. The van der Waals surface area contributed by atoms with Crippen LogP contribution in [0.1, 0.15) is 24.0 Å². The quantitative estimate of drug-likeness (QED) is 0.327. The van der Waals surface area contributed by atoms with Crippen molar-refractivity contribution in [1.29, 1.82) is 0 Å². The second-order valence-electron chi connectivity index (χ2n) is 8.91. The molecule has 1 fully saturated rings. The first-order valence-electron chi connectivity index (χ1n) is 11.9. The van der Waals surface area contributed by atoms with Gasteiger partial charge in [-0.15, -0.1) is 11.8 Å². The number of piperidine rings is 1. The molecule has 184 valence electrons. The third-order valence-corrected chi connectivity index (χ3v) is 6.27. The number of likely N-dealkylation sites (tertiary alicyclic amines) is 1. The minimum Gasteiger partial charge on any atom is -0.667 e. The number of hydrogen-bond donors (Lipinski definition) is 1. The summed E-state index contributed by atoms with van der Waals surface area (Å²) in [5.74, 6) is 4.31. The zero-order valence-corrected chi connectivity index (χ0v) is 19.7. The Hall–Kier alpha value is -3.80. The van der Waals surface area contributed by atoms with Crippen LogP contribution in [0.4, 0.5) is 8.78 Å². The molecule has 0 saturated carbocycles. The summed E-state index contributed by atoms with van der Waals surface area (Å²) in [6.07, 6.45) is 1.88. The Morgan fingerprint density at radius 3 is 2.58 bits per heavy atom. The molecule has 0 unspecified atom stereocenters. The normalized spacial score (nSPS) is 15.4. The van der Waals surface area contributed by atoms with Crippen LogP contribution < -0.4 is 4.74 Å². The molecule has 2 aromatic carbocycles. The van der Waals surface area contributed by atoms with Crippen LogP contribution in [0.15, 0.2) is 60.9 Å². The van der Waals surface area contributed by atoms with Crippen LogP contribution >= 0.6 is 0 Å². The van der Waals surface area contributed by atoms with E-state index in [4.69, 9.17) is 10.5 Å². The predicted octanol–water partition coefficient (Wildman–Crippen LogP) is 6.25. The van der Waals surface area contributed by atoms with Gasteiger partial charge in [-0.3, -0.25) is 4.90 Å². The fraction of sp³-hybridized carbons (Fsp3) is 0.286. The Balaban J connectivity index is 1.31. The topological polar surface area (TPSA) is 77.8 Å². The van der Waals surface area contributed by atoms with Gasteiger partial charge in [-0.05, 0) is 34.9 Å². The predicted molar refractivity (Wildman–Crippen MR) is 136 cm³/mol. The van der Waals surface area contributed by atoms with Crippen LogP contribution in [0.5, 0.6) is 11.6 Å². The highest BCUT2D eigenvalue weighted by atomic mass is 19.3. The summed E-state index contributed by atoms with van der Waals surface area (Å²) in [5.41, 5.74) is 11.8. The number of aromatic nitrogens is 3. The van der Waals surface area contributed by atoms with Crippen LogP contribution in [0.3, 0.4) is 0 Å². The minimum absolute atomic E-state index is 0.0734. The zero-order chi connectivity index (χ0) is 25.0. The maximum absolute atomic E-state index is 13.4. The van der Waals surface area contributed by atoms with Gasteiger partial charge in [-0.1, -0.05) is 42.9 Å². The van der Waals surface area contributed by atoms with Crippen molar-refractivity contribution in [2.45, 2.75) is 31.7 Å². The smallest absolute Gasteiger partial charge is 0.250 e. The first kappa shape index (κ1) is 23.9. The molecule has 1 aliphatic heterocycles. The van der Waals surface area contributed by atoms with E-state index in [2.05, 4.69) is 31.7 Å². The van der Waals surface area contributed by atoms with Gasteiger partial charge in [0.1, 0.15) is 17.7 Å². The van der Waals surface area contributed by atoms with E-state index in [9.17, 15) is 8.78 Å². The number of benzene rings is 2. The first-order valence-corrected chi connectivity index (χ1v) is 11.9. The molecule has 3 heterocycles. The number of nitrogens with zero attached hydrogens (tertiary/aromatic N) is 3. The highest BCUT2D eigenvalue weighted by Gasteiger charge is 2.33. The monoisotopic (exact) mass is 486 g/mol. The van der Waals surface area contributed by atoms with E-state index in [0.717, 1.165) is 27.8 Å². The van der Waals surface area contributed by atoms with E-state index in [0.29, 0.717) is 43.3 Å². The second-order valence-corrected chi connectivity index (χ2v) is 8.91. The number of rotatable bonds is 6. The fourth-order valence-corrected chi connectivity index (χ4v) is 4.30. The number of halogens is 2. The van der Waals surface area contributed by atoms with Gasteiger partial charge < -0.3 is 15.5 Å². The van der Waals surface area contributed by atoms with Gasteiger partial charge in [0.25, 0.3) is 5.92 Å². The van der Waals surface area contributed by atoms with Crippen molar-refractivity contribution in [3.8, 4) is 34.7 Å². The molecule has 0 spiro atoms. The van der Waals surface area contributed by atoms with Gasteiger partial charge >= 0.3 is 0 Å². The van der Waals surface area contributed by atoms with Crippen LogP contribution in [0.2, 0.25) is 0 Å². The molecule has 2 aromatic heterocycles. The lowest BCUT2D eigenvalue weighted by molar-refractivity contribution is -0.0566. The number of alkyl halides is 2. The van der Waals surface area contributed by atoms with Crippen molar-refractivity contribution in [3.63, 3.8) is 0 Å². The Bertz CT molecular complexity index is 1390. The van der Waals surface area contributed by atoms with E-state index in [-0.39, 0.29) is 19.4 Å². The van der Waals surface area contributed by atoms with E-state index >= 15 is 0 Å². The van der Waals surface area contributed by atoms with Crippen molar-refractivity contribution in [2.24, 2.45) is 0 Å². The fourth-order valence-electron chi connectivity index (χ4n) is 4.30. The standard InChI is InChI=1S/C28H26F2N5O/c29-28(30)11-14-35(15-12-28)18-21-7-9-22(10-8-21)25-17-24-26(34-25)32-19-33-27(24)36-23-6-3-5-20(16-23)4-1-2-13-31/h3,5-10,16-17,19,31H,4,11-15,18H2,(H,32,33,34)/q-1. The Morgan fingerprint density at radius 2 is 1.81 bits per heavy atom. The van der Waals surface area contributed by atoms with E-state index in [1.54, 1.807) is 0 Å². The lowest BCUT2D eigenvalue weighted by Gasteiger charge is -2.31. The van der Waals surface area contributed by atoms with Gasteiger partial charge in [0, 0.05) is 44.6 Å². The van der Waals surface area contributed by atoms with Crippen LogP contribution in [0.25, 0.3) is 28.0 Å². The largest absolute Gasteiger partial charge is 0.667 e. The molecule has 0 radical (unpaired) electrons. The maximum atomic E-state index is 13.4. The molecular weight excluding hydrogens is 460 g/mol. The van der Waals surface area contributed by atoms with Crippen LogP contribution in [-0.4, -0.2) is 45.4 Å². The van der Waals surface area contributed by atoms with E-state index in [1.165, 1.54) is 6.33 Å². The van der Waals surface area contributed by atoms with Crippen molar-refractivity contribution in [2.75, 3.05) is 19.6 Å². The number of aromatic amines is 1. The number of nitrogens with one attached hydrogen (secondary N) is 2. The molecule has 0 amide bonds. The minimum atomic E-state index is -2.53. The molecule has 6 nitrogen and oxygen atoms in total. The zero-order valence-electron chi connectivity index (χ0n) is 19.7. The summed E-state index contributed by atoms with van der Waals surface area (Å²) >= 11 is 0. The molecule has 0 atom stereocenters. The van der Waals surface area contributed by atoms with E-state index < -0.39 is 5.92 Å². The van der Waals surface area contributed by atoms with Gasteiger partial charge in [0.05, 0.1) is 5.39 Å². The third kappa shape index (κ3) is 5.70. The third-order valence-electron chi connectivity index (χ3n) is 6.27. The second kappa shape index (κ2) is 10.4. The molecule has 0 bridgehead atoms. The molecule has 4 aromatic rings. The molecule has 2 N–H and O–H groups in total. The lowest BCUT2D eigenvalue weighted by atomic mass is 10.0. The van der Waals surface area contributed by atoms with Crippen molar-refractivity contribution in [3.05, 3.63) is 77.8 Å². The molecule has 36 heavy (non-hydrogen) atoms. The lowest BCUT2D eigenvalue weighted by Crippen LogP contribution is -2.38. The van der Waals surface area contributed by atoms with Gasteiger partial charge in [0.2, 0.25) is 5.88 Å². The molecule has 0 aliphatic carbocycles. The average molecular weight is 487 g/mol. The highest BCUT2D eigenvalue weighted by Crippen LogP contribution is 2.32. The van der Waals surface area contributed by atoms with Crippen LogP contribution in [-0.2, 0) is 13.0 Å². The van der Waals surface area contributed by atoms with Gasteiger partial charge in [0.15, 0.2) is 0 Å². The molecule has 1 saturated heterocycles. The molecular formula is C28H26F2N5O-. The van der Waals surface area contributed by atoms with Crippen LogP contribution in [0, 0.1) is 11.8 Å². The summed E-state index contributed by atoms with van der Waals surface area (Å²) < 4.78 is 32.9. The average Bonchev–Trinajstić information content (AvgIpc) is 3.32. The van der Waals surface area contributed by atoms with Gasteiger partial charge in [-0.2, -0.15) is 0 Å². The summed E-state index contributed by atoms with van der Waals surface area (Å²) in [5, 5.41) is 0.769. The molecule has 1 aliphatic rings. The van der Waals surface area contributed by atoms with Crippen molar-refractivity contribution < 1.29 is 13.5 Å². The molecule has 8 heteroatoms. The summed E-state index contributed by atoms with van der Waals surface area (Å²) in [4.78, 5) is 14.1.